The van der Waals surface area contributed by atoms with Gasteiger partial charge in [-0.25, -0.2) is 0 Å². The highest BCUT2D eigenvalue weighted by atomic mass is 15.0. The van der Waals surface area contributed by atoms with E-state index in [1.54, 1.807) is 0 Å². The van der Waals surface area contributed by atoms with Crippen molar-refractivity contribution in [1.29, 1.82) is 10.5 Å². The zero-order chi connectivity index (χ0) is 27.8. The molecule has 0 aliphatic carbocycles. The van der Waals surface area contributed by atoms with E-state index < -0.39 is 0 Å². The lowest BCUT2D eigenvalue weighted by Gasteiger charge is -2.14. The number of hydrogen-bond acceptors (Lipinski definition) is 2. The van der Waals surface area contributed by atoms with E-state index in [0.29, 0.717) is 11.1 Å². The van der Waals surface area contributed by atoms with E-state index in [2.05, 4.69) is 108 Å². The van der Waals surface area contributed by atoms with Crippen LogP contribution in [0.5, 0.6) is 0 Å². The highest BCUT2D eigenvalue weighted by Crippen LogP contribution is 2.39. The number of fused-ring (bicyclic) bond motifs is 3. The van der Waals surface area contributed by atoms with Gasteiger partial charge in [-0.05, 0) is 76.3 Å². The SMILES string of the molecule is N#Cc1ccc(-c2ccccc2-c2ccc3c(c2)c2ccccc2n3-c2ccccc2-c2ccc(C#N)cc2)cc1. The minimum Gasteiger partial charge on any atom is -0.309 e. The lowest BCUT2D eigenvalue weighted by Crippen LogP contribution is -1.97. The van der Waals surface area contributed by atoms with Crippen LogP contribution in [-0.2, 0) is 0 Å². The molecule has 7 rings (SSSR count). The first-order valence-corrected chi connectivity index (χ1v) is 13.5. The zero-order valence-electron chi connectivity index (χ0n) is 22.1. The molecule has 1 aromatic heterocycles. The molecule has 0 amide bonds. The van der Waals surface area contributed by atoms with Crippen LogP contribution >= 0.6 is 0 Å². The van der Waals surface area contributed by atoms with Crippen molar-refractivity contribution < 1.29 is 0 Å². The normalized spacial score (nSPS) is 10.9. The Kier molecular flexibility index (Phi) is 5.90. The van der Waals surface area contributed by atoms with Crippen LogP contribution in [0.4, 0.5) is 0 Å². The summed E-state index contributed by atoms with van der Waals surface area (Å²) in [5, 5.41) is 20.9. The molecule has 3 heteroatoms. The summed E-state index contributed by atoms with van der Waals surface area (Å²) >= 11 is 0. The van der Waals surface area contributed by atoms with E-state index in [1.165, 1.54) is 10.8 Å². The molecule has 0 unspecified atom stereocenters. The average Bonchev–Trinajstić information content (AvgIpc) is 3.38. The topological polar surface area (TPSA) is 52.5 Å². The van der Waals surface area contributed by atoms with Gasteiger partial charge < -0.3 is 4.57 Å². The van der Waals surface area contributed by atoms with Gasteiger partial charge >= 0.3 is 0 Å². The summed E-state index contributed by atoms with van der Waals surface area (Å²) in [5.74, 6) is 0. The Bertz CT molecular complexity index is 2150. The maximum Gasteiger partial charge on any atom is 0.0991 e. The van der Waals surface area contributed by atoms with Crippen LogP contribution < -0.4 is 0 Å². The van der Waals surface area contributed by atoms with Gasteiger partial charge in [-0.3, -0.25) is 0 Å². The van der Waals surface area contributed by atoms with Crippen molar-refractivity contribution in [1.82, 2.24) is 4.57 Å². The van der Waals surface area contributed by atoms with Gasteiger partial charge in [0, 0.05) is 16.3 Å². The van der Waals surface area contributed by atoms with Crippen molar-refractivity contribution in [2.45, 2.75) is 0 Å². The summed E-state index contributed by atoms with van der Waals surface area (Å²) < 4.78 is 2.34. The van der Waals surface area contributed by atoms with E-state index in [4.69, 9.17) is 0 Å². The fraction of sp³-hybridized carbons (Fsp3) is 0. The van der Waals surface area contributed by atoms with Crippen LogP contribution in [0, 0.1) is 22.7 Å². The largest absolute Gasteiger partial charge is 0.309 e. The molecule has 0 N–H and O–H groups in total. The van der Waals surface area contributed by atoms with Crippen molar-refractivity contribution in [2.24, 2.45) is 0 Å². The maximum atomic E-state index is 9.28. The van der Waals surface area contributed by atoms with E-state index in [1.807, 2.05) is 48.5 Å². The second kappa shape index (κ2) is 10.0. The summed E-state index contributed by atoms with van der Waals surface area (Å²) in [6.45, 7) is 0. The smallest absolute Gasteiger partial charge is 0.0991 e. The van der Waals surface area contributed by atoms with Crippen LogP contribution in [0.2, 0.25) is 0 Å². The fourth-order valence-corrected chi connectivity index (χ4v) is 5.75. The molecular weight excluding hydrogens is 498 g/mol. The number of nitrogens with zero attached hydrogens (tertiary/aromatic N) is 3. The summed E-state index contributed by atoms with van der Waals surface area (Å²) in [4.78, 5) is 0. The highest BCUT2D eigenvalue weighted by Gasteiger charge is 2.17. The van der Waals surface area contributed by atoms with E-state index in [-0.39, 0.29) is 0 Å². The molecule has 190 valence electrons. The zero-order valence-corrected chi connectivity index (χ0v) is 22.1. The highest BCUT2D eigenvalue weighted by molar-refractivity contribution is 6.11. The van der Waals surface area contributed by atoms with E-state index in [0.717, 1.165) is 50.1 Å². The third kappa shape index (κ3) is 4.14. The van der Waals surface area contributed by atoms with Crippen LogP contribution in [0.15, 0.2) is 140 Å². The predicted molar refractivity (Wildman–Crippen MR) is 167 cm³/mol. The molecule has 0 saturated heterocycles. The molecule has 0 radical (unpaired) electrons. The molecular formula is C38H23N3. The van der Waals surface area contributed by atoms with Crippen LogP contribution in [0.1, 0.15) is 11.1 Å². The molecule has 6 aromatic carbocycles. The van der Waals surface area contributed by atoms with Gasteiger partial charge in [-0.1, -0.05) is 91.0 Å². The first-order chi connectivity index (χ1) is 20.2. The van der Waals surface area contributed by atoms with Gasteiger partial charge in [0.1, 0.15) is 0 Å². The second-order valence-corrected chi connectivity index (χ2v) is 10.0. The molecule has 41 heavy (non-hydrogen) atoms. The number of aromatic nitrogens is 1. The van der Waals surface area contributed by atoms with Crippen LogP contribution in [-0.4, -0.2) is 4.57 Å². The minimum atomic E-state index is 0.650. The molecule has 1 heterocycles. The quantitative estimate of drug-likeness (QED) is 0.232. The van der Waals surface area contributed by atoms with Crippen molar-refractivity contribution >= 4 is 21.8 Å². The Hall–Kier alpha value is -5.90. The number of para-hydroxylation sites is 2. The van der Waals surface area contributed by atoms with Gasteiger partial charge in [0.05, 0.1) is 40.0 Å². The molecule has 0 aliphatic heterocycles. The van der Waals surface area contributed by atoms with Gasteiger partial charge in [-0.2, -0.15) is 10.5 Å². The van der Waals surface area contributed by atoms with Crippen LogP contribution in [0.25, 0.3) is 60.9 Å². The Balaban J connectivity index is 1.43. The van der Waals surface area contributed by atoms with E-state index >= 15 is 0 Å². The molecule has 0 aliphatic rings. The second-order valence-electron chi connectivity index (χ2n) is 10.0. The standard InChI is InChI=1S/C38H23N3/c39-24-26-13-17-28(18-14-26)31-7-1-2-8-32(31)30-21-22-38-35(23-30)34-10-4-6-12-37(34)41(38)36-11-5-3-9-33(36)29-19-15-27(25-40)16-20-29/h1-23H. The first kappa shape index (κ1) is 24.2. The van der Waals surface area contributed by atoms with Gasteiger partial charge in [-0.15, -0.1) is 0 Å². The predicted octanol–water partition coefficient (Wildman–Crippen LogP) is 9.53. The summed E-state index contributed by atoms with van der Waals surface area (Å²) in [5.41, 5.74) is 11.3. The number of rotatable bonds is 4. The summed E-state index contributed by atoms with van der Waals surface area (Å²) in [6, 6.07) is 52.1. The Morgan fingerprint density at radius 1 is 0.415 bits per heavy atom. The Morgan fingerprint density at radius 3 is 1.56 bits per heavy atom. The van der Waals surface area contributed by atoms with E-state index in [9.17, 15) is 10.5 Å². The van der Waals surface area contributed by atoms with Gasteiger partial charge in [0.25, 0.3) is 0 Å². The monoisotopic (exact) mass is 521 g/mol. The molecule has 0 fully saturated rings. The first-order valence-electron chi connectivity index (χ1n) is 13.5. The third-order valence-corrected chi connectivity index (χ3v) is 7.71. The minimum absolute atomic E-state index is 0.650. The third-order valence-electron chi connectivity index (χ3n) is 7.71. The molecule has 3 nitrogen and oxygen atoms in total. The average molecular weight is 522 g/mol. The molecule has 0 saturated carbocycles. The molecule has 0 spiro atoms. The van der Waals surface area contributed by atoms with Gasteiger partial charge in [0.2, 0.25) is 0 Å². The van der Waals surface area contributed by atoms with Crippen molar-refractivity contribution in [3.8, 4) is 51.2 Å². The van der Waals surface area contributed by atoms with Crippen molar-refractivity contribution in [3.05, 3.63) is 151 Å². The van der Waals surface area contributed by atoms with Crippen LogP contribution in [0.3, 0.4) is 0 Å². The van der Waals surface area contributed by atoms with Crippen molar-refractivity contribution in [2.75, 3.05) is 0 Å². The van der Waals surface area contributed by atoms with Gasteiger partial charge in [0.15, 0.2) is 0 Å². The molecule has 0 atom stereocenters. The summed E-state index contributed by atoms with van der Waals surface area (Å²) in [7, 11) is 0. The Morgan fingerprint density at radius 2 is 0.902 bits per heavy atom. The number of hydrogen-bond donors (Lipinski definition) is 0. The summed E-state index contributed by atoms with van der Waals surface area (Å²) in [6.07, 6.45) is 0. The van der Waals surface area contributed by atoms with Crippen molar-refractivity contribution in [3.63, 3.8) is 0 Å². The molecule has 7 aromatic rings. The number of nitriles is 2. The molecule has 0 bridgehead atoms. The fourth-order valence-electron chi connectivity index (χ4n) is 5.75. The number of benzene rings is 6. The Labute approximate surface area is 238 Å². The lowest BCUT2D eigenvalue weighted by atomic mass is 9.93. The maximum absolute atomic E-state index is 9.28. The lowest BCUT2D eigenvalue weighted by molar-refractivity contribution is 1.18.